The molecule has 0 aromatic rings. The Morgan fingerprint density at radius 3 is 2.59 bits per heavy atom. The Morgan fingerprint density at radius 1 is 1.18 bits per heavy atom. The van der Waals surface area contributed by atoms with Crippen LogP contribution in [0.25, 0.3) is 0 Å². The van der Waals surface area contributed by atoms with Gasteiger partial charge in [0.2, 0.25) is 0 Å². The fourth-order valence-corrected chi connectivity index (χ4v) is 3.55. The summed E-state index contributed by atoms with van der Waals surface area (Å²) in [5.74, 6) is 0.927. The van der Waals surface area contributed by atoms with Crippen LogP contribution in [0.1, 0.15) is 84.5 Å². The first kappa shape index (κ1) is 14.8. The van der Waals surface area contributed by atoms with E-state index in [-0.39, 0.29) is 0 Å². The van der Waals surface area contributed by atoms with Crippen molar-refractivity contribution in [3.63, 3.8) is 0 Å². The predicted octanol–water partition coefficient (Wildman–Crippen LogP) is 6.12. The van der Waals surface area contributed by atoms with Crippen LogP contribution in [0.5, 0.6) is 0 Å². The Bertz CT molecular complexity index is 206. The highest BCUT2D eigenvalue weighted by atomic mass is 14.4. The molecule has 1 saturated carbocycles. The number of unbranched alkanes of at least 4 members (excludes halogenated alkanes) is 5. The zero-order chi connectivity index (χ0) is 12.6. The van der Waals surface area contributed by atoms with Gasteiger partial charge in [0.05, 0.1) is 0 Å². The number of hydrogen-bond acceptors (Lipinski definition) is 0. The molecule has 0 aromatic heterocycles. The van der Waals surface area contributed by atoms with Gasteiger partial charge in [-0.2, -0.15) is 0 Å². The monoisotopic (exact) mass is 236 g/mol. The highest BCUT2D eigenvalue weighted by molar-refractivity contribution is 4.91. The third-order valence-corrected chi connectivity index (χ3v) is 4.84. The van der Waals surface area contributed by atoms with Crippen LogP contribution in [-0.4, -0.2) is 0 Å². The maximum atomic E-state index is 3.92. The van der Waals surface area contributed by atoms with Crippen LogP contribution in [0.15, 0.2) is 12.7 Å². The molecule has 2 unspecified atom stereocenters. The molecule has 0 bridgehead atoms. The van der Waals surface area contributed by atoms with E-state index in [2.05, 4.69) is 26.5 Å². The van der Waals surface area contributed by atoms with Crippen molar-refractivity contribution >= 4 is 0 Å². The first-order valence-electron chi connectivity index (χ1n) is 7.84. The minimum absolute atomic E-state index is 0.638. The van der Waals surface area contributed by atoms with Crippen molar-refractivity contribution in [2.24, 2.45) is 11.3 Å². The minimum atomic E-state index is 0.638. The lowest BCUT2D eigenvalue weighted by Gasteiger charge is -2.31. The van der Waals surface area contributed by atoms with Crippen molar-refractivity contribution in [3.05, 3.63) is 12.7 Å². The van der Waals surface area contributed by atoms with Crippen molar-refractivity contribution in [2.45, 2.75) is 84.5 Å². The molecule has 0 heteroatoms. The maximum Gasteiger partial charge on any atom is -0.0295 e. The summed E-state index contributed by atoms with van der Waals surface area (Å²) in [6.07, 6.45) is 17.8. The third-order valence-electron chi connectivity index (χ3n) is 4.84. The van der Waals surface area contributed by atoms with E-state index in [9.17, 15) is 0 Å². The fraction of sp³-hybridized carbons (Fsp3) is 0.882. The first-order chi connectivity index (χ1) is 8.23. The summed E-state index contributed by atoms with van der Waals surface area (Å²) in [4.78, 5) is 0. The van der Waals surface area contributed by atoms with Gasteiger partial charge in [-0.1, -0.05) is 64.9 Å². The molecule has 0 N–H and O–H groups in total. The van der Waals surface area contributed by atoms with Crippen LogP contribution in [-0.2, 0) is 0 Å². The summed E-state index contributed by atoms with van der Waals surface area (Å²) < 4.78 is 0. The summed E-state index contributed by atoms with van der Waals surface area (Å²) in [7, 11) is 0. The zero-order valence-corrected chi connectivity index (χ0v) is 12.1. The van der Waals surface area contributed by atoms with Crippen LogP contribution in [0, 0.1) is 11.3 Å². The van der Waals surface area contributed by atoms with Gasteiger partial charge in [-0.05, 0) is 37.0 Å². The standard InChI is InChI=1S/C17H32/c1-4-6-7-8-9-10-14-17(3)15-11-13-16(17)12-5-2/h5,16H,2,4,6-15H2,1,3H3. The van der Waals surface area contributed by atoms with Crippen LogP contribution in [0.3, 0.4) is 0 Å². The Morgan fingerprint density at radius 2 is 1.88 bits per heavy atom. The van der Waals surface area contributed by atoms with Crippen molar-refractivity contribution < 1.29 is 0 Å². The van der Waals surface area contributed by atoms with E-state index in [1.807, 2.05) is 0 Å². The molecule has 0 aromatic carbocycles. The lowest BCUT2D eigenvalue weighted by molar-refractivity contribution is 0.203. The third kappa shape index (κ3) is 4.85. The summed E-state index contributed by atoms with van der Waals surface area (Å²) >= 11 is 0. The van der Waals surface area contributed by atoms with Gasteiger partial charge in [-0.15, -0.1) is 6.58 Å². The normalized spacial score (nSPS) is 28.5. The van der Waals surface area contributed by atoms with Gasteiger partial charge in [-0.25, -0.2) is 0 Å². The summed E-state index contributed by atoms with van der Waals surface area (Å²) in [5, 5.41) is 0. The van der Waals surface area contributed by atoms with E-state index in [0.717, 1.165) is 5.92 Å². The molecule has 0 amide bonds. The van der Waals surface area contributed by atoms with E-state index in [4.69, 9.17) is 0 Å². The second kappa shape index (κ2) is 7.95. The molecule has 2 atom stereocenters. The van der Waals surface area contributed by atoms with Crippen LogP contribution in [0.4, 0.5) is 0 Å². The molecule has 1 aliphatic rings. The van der Waals surface area contributed by atoms with Crippen LogP contribution in [0.2, 0.25) is 0 Å². The topological polar surface area (TPSA) is 0 Å². The number of allylic oxidation sites excluding steroid dienone is 1. The smallest absolute Gasteiger partial charge is 0.0295 e. The molecule has 0 spiro atoms. The van der Waals surface area contributed by atoms with E-state index in [0.29, 0.717) is 5.41 Å². The summed E-state index contributed by atoms with van der Waals surface area (Å²) in [5.41, 5.74) is 0.638. The van der Waals surface area contributed by atoms with Crippen LogP contribution < -0.4 is 0 Å². The molecule has 0 radical (unpaired) electrons. The quantitative estimate of drug-likeness (QED) is 0.334. The molecule has 0 nitrogen and oxygen atoms in total. The Hall–Kier alpha value is -0.260. The summed E-state index contributed by atoms with van der Waals surface area (Å²) in [6, 6.07) is 0. The molecular formula is C17H32. The molecule has 1 fully saturated rings. The molecule has 100 valence electrons. The Kier molecular flexibility index (Phi) is 6.92. The second-order valence-electron chi connectivity index (χ2n) is 6.29. The highest BCUT2D eigenvalue weighted by Gasteiger charge is 2.36. The lowest BCUT2D eigenvalue weighted by atomic mass is 9.74. The first-order valence-corrected chi connectivity index (χ1v) is 7.84. The molecule has 0 saturated heterocycles. The SMILES string of the molecule is C=CCC1CCCC1(C)CCCCCCCC. The van der Waals surface area contributed by atoms with Gasteiger partial charge in [0.15, 0.2) is 0 Å². The molecule has 0 aliphatic heterocycles. The molecule has 1 aliphatic carbocycles. The van der Waals surface area contributed by atoms with Gasteiger partial charge >= 0.3 is 0 Å². The second-order valence-corrected chi connectivity index (χ2v) is 6.29. The van der Waals surface area contributed by atoms with Gasteiger partial charge in [0, 0.05) is 0 Å². The van der Waals surface area contributed by atoms with Gasteiger partial charge < -0.3 is 0 Å². The van der Waals surface area contributed by atoms with Crippen molar-refractivity contribution in [1.29, 1.82) is 0 Å². The average molecular weight is 236 g/mol. The highest BCUT2D eigenvalue weighted by Crippen LogP contribution is 2.48. The molecule has 17 heavy (non-hydrogen) atoms. The maximum absolute atomic E-state index is 3.92. The Balaban J connectivity index is 2.17. The van der Waals surface area contributed by atoms with Gasteiger partial charge in [0.25, 0.3) is 0 Å². The van der Waals surface area contributed by atoms with Crippen molar-refractivity contribution in [2.75, 3.05) is 0 Å². The zero-order valence-electron chi connectivity index (χ0n) is 12.1. The molecule has 1 rings (SSSR count). The van der Waals surface area contributed by atoms with Gasteiger partial charge in [0.1, 0.15) is 0 Å². The lowest BCUT2D eigenvalue weighted by Crippen LogP contribution is -2.21. The van der Waals surface area contributed by atoms with Crippen LogP contribution >= 0.6 is 0 Å². The molecule has 0 heterocycles. The minimum Gasteiger partial charge on any atom is -0.103 e. The summed E-state index contributed by atoms with van der Waals surface area (Å²) in [6.45, 7) is 8.74. The van der Waals surface area contributed by atoms with Gasteiger partial charge in [-0.3, -0.25) is 0 Å². The van der Waals surface area contributed by atoms with E-state index >= 15 is 0 Å². The van der Waals surface area contributed by atoms with Crippen molar-refractivity contribution in [3.8, 4) is 0 Å². The predicted molar refractivity (Wildman–Crippen MR) is 78.3 cm³/mol. The number of hydrogen-bond donors (Lipinski definition) is 0. The molecular weight excluding hydrogens is 204 g/mol. The average Bonchev–Trinajstić information content (AvgIpc) is 2.67. The Labute approximate surface area is 109 Å². The number of rotatable bonds is 9. The van der Waals surface area contributed by atoms with E-state index in [1.54, 1.807) is 0 Å². The van der Waals surface area contributed by atoms with E-state index in [1.165, 1.54) is 70.6 Å². The fourth-order valence-electron chi connectivity index (χ4n) is 3.55. The van der Waals surface area contributed by atoms with E-state index < -0.39 is 0 Å². The largest absolute Gasteiger partial charge is 0.103 e. The van der Waals surface area contributed by atoms with Crippen molar-refractivity contribution in [1.82, 2.24) is 0 Å².